The fraction of sp³-hybridized carbons (Fsp3) is 0.118. The third kappa shape index (κ3) is 6.11. The molecular formula is C34H32. The minimum atomic E-state index is 1.31. The van der Waals surface area contributed by atoms with Gasteiger partial charge in [-0.25, -0.2) is 0 Å². The molecule has 0 spiro atoms. The molecule has 0 saturated carbocycles. The number of aryl methyl sites for hydroxylation is 4. The summed E-state index contributed by atoms with van der Waals surface area (Å²) >= 11 is 0. The summed E-state index contributed by atoms with van der Waals surface area (Å²) < 4.78 is 0. The molecule has 168 valence electrons. The van der Waals surface area contributed by atoms with E-state index in [1.165, 1.54) is 54.6 Å². The van der Waals surface area contributed by atoms with Crippen molar-refractivity contribution in [2.75, 3.05) is 0 Å². The van der Waals surface area contributed by atoms with E-state index in [2.05, 4.69) is 149 Å². The lowest BCUT2D eigenvalue weighted by atomic mass is 10.00. The maximum absolute atomic E-state index is 2.27. The van der Waals surface area contributed by atoms with Gasteiger partial charge in [-0.15, -0.1) is 0 Å². The van der Waals surface area contributed by atoms with Crippen LogP contribution in [0.15, 0.2) is 121 Å². The van der Waals surface area contributed by atoms with Gasteiger partial charge >= 0.3 is 0 Å². The minimum absolute atomic E-state index is 1.31. The van der Waals surface area contributed by atoms with Gasteiger partial charge in [0.25, 0.3) is 0 Å². The Labute approximate surface area is 203 Å². The van der Waals surface area contributed by atoms with Gasteiger partial charge < -0.3 is 0 Å². The molecule has 0 aliphatic rings. The summed E-state index contributed by atoms with van der Waals surface area (Å²) in [6.45, 7) is 8.39. The lowest BCUT2D eigenvalue weighted by molar-refractivity contribution is 1.40. The Morgan fingerprint density at radius 3 is 0.676 bits per heavy atom. The second-order valence-electron chi connectivity index (χ2n) is 9.06. The van der Waals surface area contributed by atoms with E-state index >= 15 is 0 Å². The Kier molecular flexibility index (Phi) is 7.40. The topological polar surface area (TPSA) is 0 Å². The van der Waals surface area contributed by atoms with Gasteiger partial charge in [0.05, 0.1) is 0 Å². The molecule has 6 aromatic carbocycles. The van der Waals surface area contributed by atoms with Crippen molar-refractivity contribution in [3.05, 3.63) is 144 Å². The van der Waals surface area contributed by atoms with E-state index in [1.807, 2.05) is 0 Å². The summed E-state index contributed by atoms with van der Waals surface area (Å²) in [5.74, 6) is 0. The molecule has 0 aromatic heterocycles. The molecule has 0 heteroatoms. The summed E-state index contributed by atoms with van der Waals surface area (Å²) in [5, 5.41) is 7.85. The lowest BCUT2D eigenvalue weighted by Crippen LogP contribution is -1.78. The Bertz CT molecular complexity index is 1270. The third-order valence-corrected chi connectivity index (χ3v) is 6.01. The van der Waals surface area contributed by atoms with Crippen molar-refractivity contribution in [1.82, 2.24) is 0 Å². The van der Waals surface area contributed by atoms with Crippen molar-refractivity contribution in [3.8, 4) is 0 Å². The number of hydrogen-bond donors (Lipinski definition) is 0. The summed E-state index contributed by atoms with van der Waals surface area (Å²) in [7, 11) is 0. The molecule has 6 rings (SSSR count). The Morgan fingerprint density at radius 2 is 0.471 bits per heavy atom. The molecular weight excluding hydrogens is 408 g/mol. The molecule has 0 amide bonds. The van der Waals surface area contributed by atoms with E-state index in [1.54, 1.807) is 0 Å². The van der Waals surface area contributed by atoms with Crippen LogP contribution in [-0.2, 0) is 0 Å². The predicted molar refractivity (Wildman–Crippen MR) is 151 cm³/mol. The van der Waals surface area contributed by atoms with Crippen LogP contribution in [-0.4, -0.2) is 0 Å². The lowest BCUT2D eigenvalue weighted by Gasteiger charge is -2.04. The molecule has 0 heterocycles. The quantitative estimate of drug-likeness (QED) is 0.206. The van der Waals surface area contributed by atoms with Crippen molar-refractivity contribution in [2.24, 2.45) is 0 Å². The fourth-order valence-corrected chi connectivity index (χ4v) is 3.91. The summed E-state index contributed by atoms with van der Waals surface area (Å²) in [5.41, 5.74) is 5.32. The highest BCUT2D eigenvalue weighted by Crippen LogP contribution is 2.27. The molecule has 0 aliphatic carbocycles. The Hall–Kier alpha value is -3.90. The summed E-state index contributed by atoms with van der Waals surface area (Å²) in [6, 6.07) is 43.1. The molecule has 34 heavy (non-hydrogen) atoms. The number of hydrogen-bond acceptors (Lipinski definition) is 0. The highest BCUT2D eigenvalue weighted by molar-refractivity contribution is 6.04. The van der Waals surface area contributed by atoms with Crippen LogP contribution in [0.25, 0.3) is 32.3 Å². The maximum atomic E-state index is 2.27. The summed E-state index contributed by atoms with van der Waals surface area (Å²) in [4.78, 5) is 0. The monoisotopic (exact) mass is 440 g/mol. The van der Waals surface area contributed by atoms with Crippen LogP contribution >= 0.6 is 0 Å². The third-order valence-electron chi connectivity index (χ3n) is 6.01. The van der Waals surface area contributed by atoms with Crippen LogP contribution in [0.4, 0.5) is 0 Å². The molecule has 0 fully saturated rings. The van der Waals surface area contributed by atoms with Gasteiger partial charge in [0, 0.05) is 0 Å². The van der Waals surface area contributed by atoms with Crippen LogP contribution in [0.5, 0.6) is 0 Å². The molecule has 0 unspecified atom stereocenters. The van der Waals surface area contributed by atoms with Crippen LogP contribution in [0.3, 0.4) is 0 Å². The first-order valence-electron chi connectivity index (χ1n) is 11.9. The van der Waals surface area contributed by atoms with E-state index in [-0.39, 0.29) is 0 Å². The highest BCUT2D eigenvalue weighted by atomic mass is 14.0. The second-order valence-corrected chi connectivity index (χ2v) is 9.06. The maximum Gasteiger partial charge on any atom is -0.0171 e. The average molecular weight is 441 g/mol. The van der Waals surface area contributed by atoms with E-state index in [0.717, 1.165) is 0 Å². The molecule has 0 bridgehead atoms. The van der Waals surface area contributed by atoms with Crippen molar-refractivity contribution >= 4 is 32.3 Å². The number of benzene rings is 6. The van der Waals surface area contributed by atoms with Crippen LogP contribution in [0.1, 0.15) is 22.3 Å². The Morgan fingerprint density at radius 1 is 0.265 bits per heavy atom. The normalized spacial score (nSPS) is 10.4. The van der Waals surface area contributed by atoms with Crippen molar-refractivity contribution in [3.63, 3.8) is 0 Å². The summed E-state index contributed by atoms with van der Waals surface area (Å²) in [6.07, 6.45) is 0. The molecule has 0 aliphatic heterocycles. The first-order valence-corrected chi connectivity index (χ1v) is 11.9. The van der Waals surface area contributed by atoms with Gasteiger partial charge in [0.1, 0.15) is 0 Å². The Balaban J connectivity index is 0.000000143. The van der Waals surface area contributed by atoms with Gasteiger partial charge in [0.2, 0.25) is 0 Å². The zero-order valence-corrected chi connectivity index (χ0v) is 20.5. The van der Waals surface area contributed by atoms with Crippen molar-refractivity contribution in [1.29, 1.82) is 0 Å². The molecule has 0 saturated heterocycles. The van der Waals surface area contributed by atoms with E-state index in [9.17, 15) is 0 Å². The molecule has 6 aromatic rings. The van der Waals surface area contributed by atoms with Crippen molar-refractivity contribution < 1.29 is 0 Å². The molecule has 0 N–H and O–H groups in total. The van der Waals surface area contributed by atoms with Crippen LogP contribution in [0.2, 0.25) is 0 Å². The zero-order chi connectivity index (χ0) is 23.9. The highest BCUT2D eigenvalue weighted by Gasteiger charge is 2.00. The minimum Gasteiger partial charge on any atom is -0.0616 e. The van der Waals surface area contributed by atoms with Gasteiger partial charge in [-0.1, -0.05) is 119 Å². The van der Waals surface area contributed by atoms with E-state index in [0.29, 0.717) is 0 Å². The van der Waals surface area contributed by atoms with Gasteiger partial charge in [-0.2, -0.15) is 0 Å². The van der Waals surface area contributed by atoms with E-state index in [4.69, 9.17) is 0 Å². The standard InChI is InChI=1S/C18H12.2C8H10/c1-2-6-14-10-18-12-16-8-4-3-7-15(16)11-17(18)9-13(14)5-1;2*1-7-3-5-8(2)6-4-7/h1-12H;2*3-6H,1-2H3. The smallest absolute Gasteiger partial charge is 0.0171 e. The molecule has 0 radical (unpaired) electrons. The number of rotatable bonds is 0. The van der Waals surface area contributed by atoms with Crippen LogP contribution < -0.4 is 0 Å². The fourth-order valence-electron chi connectivity index (χ4n) is 3.91. The van der Waals surface area contributed by atoms with E-state index < -0.39 is 0 Å². The van der Waals surface area contributed by atoms with Gasteiger partial charge in [0.15, 0.2) is 0 Å². The first-order chi connectivity index (χ1) is 16.5. The second kappa shape index (κ2) is 10.8. The average Bonchev–Trinajstić information content (AvgIpc) is 2.86. The predicted octanol–water partition coefficient (Wildman–Crippen LogP) is 9.75. The number of fused-ring (bicyclic) bond motifs is 3. The van der Waals surface area contributed by atoms with Crippen LogP contribution in [0, 0.1) is 27.7 Å². The molecule has 0 atom stereocenters. The largest absolute Gasteiger partial charge is 0.0616 e. The zero-order valence-electron chi connectivity index (χ0n) is 20.5. The van der Waals surface area contributed by atoms with Crippen molar-refractivity contribution in [2.45, 2.75) is 27.7 Å². The first kappa shape index (κ1) is 23.3. The SMILES string of the molecule is Cc1ccc(C)cc1.Cc1ccc(C)cc1.c1ccc2cc3cc4ccccc4cc3cc2c1. The van der Waals surface area contributed by atoms with Gasteiger partial charge in [-0.3, -0.25) is 0 Å². The molecule has 0 nitrogen and oxygen atoms in total. The van der Waals surface area contributed by atoms with Gasteiger partial charge in [-0.05, 0) is 84.3 Å².